The maximum absolute atomic E-state index is 12.2. The van der Waals surface area contributed by atoms with Gasteiger partial charge in [0.15, 0.2) is 18.1 Å². The minimum Gasteiger partial charge on any atom is -0.485 e. The minimum absolute atomic E-state index is 0. The van der Waals surface area contributed by atoms with E-state index in [0.717, 1.165) is 12.0 Å². The third kappa shape index (κ3) is 5.37. The summed E-state index contributed by atoms with van der Waals surface area (Å²) in [5, 5.41) is 0. The number of likely N-dealkylation sites (tertiary alicyclic amines) is 1. The number of nitrogens with two attached hydrogens (primary N) is 1. The highest BCUT2D eigenvalue weighted by Crippen LogP contribution is 2.27. The summed E-state index contributed by atoms with van der Waals surface area (Å²) in [4.78, 5) is 13.9. The van der Waals surface area contributed by atoms with E-state index in [-0.39, 0.29) is 31.0 Å². The molecule has 1 atom stereocenters. The number of halogens is 1. The molecule has 0 aromatic heterocycles. The SMILES string of the molecule is Cl.N[C@@H]1CCN(C(=O)COc2ccccc2OCc2ccccc2)C1. The molecule has 0 spiro atoms. The molecule has 2 aromatic rings. The molecule has 2 aromatic carbocycles. The Morgan fingerprint density at radius 3 is 2.32 bits per heavy atom. The van der Waals surface area contributed by atoms with Crippen LogP contribution in [-0.2, 0) is 11.4 Å². The van der Waals surface area contributed by atoms with Crippen molar-refractivity contribution < 1.29 is 14.3 Å². The Kier molecular flexibility index (Phi) is 7.10. The number of amides is 1. The monoisotopic (exact) mass is 362 g/mol. The van der Waals surface area contributed by atoms with Crippen molar-refractivity contribution in [3.8, 4) is 11.5 Å². The lowest BCUT2D eigenvalue weighted by Crippen LogP contribution is -2.35. The van der Waals surface area contributed by atoms with E-state index in [1.165, 1.54) is 0 Å². The lowest BCUT2D eigenvalue weighted by molar-refractivity contribution is -0.132. The lowest BCUT2D eigenvalue weighted by Gasteiger charge is -2.17. The van der Waals surface area contributed by atoms with Gasteiger partial charge in [-0.3, -0.25) is 4.79 Å². The molecule has 1 aliphatic rings. The summed E-state index contributed by atoms with van der Waals surface area (Å²) in [5.41, 5.74) is 6.91. The van der Waals surface area contributed by atoms with E-state index in [9.17, 15) is 4.79 Å². The van der Waals surface area contributed by atoms with Crippen molar-refractivity contribution in [2.75, 3.05) is 19.7 Å². The first-order valence-corrected chi connectivity index (χ1v) is 8.14. The Labute approximate surface area is 154 Å². The molecule has 134 valence electrons. The van der Waals surface area contributed by atoms with Crippen LogP contribution in [0.5, 0.6) is 11.5 Å². The molecule has 1 saturated heterocycles. The molecule has 1 amide bonds. The fourth-order valence-electron chi connectivity index (χ4n) is 2.67. The second-order valence-corrected chi connectivity index (χ2v) is 5.90. The standard InChI is InChI=1S/C19H22N2O3.ClH/c20-16-10-11-21(12-16)19(22)14-24-18-9-5-4-8-17(18)23-13-15-6-2-1-3-7-15;/h1-9,16H,10-14,20H2;1H/t16-;/m1./s1. The molecule has 2 N–H and O–H groups in total. The van der Waals surface area contributed by atoms with Crippen molar-refractivity contribution in [2.24, 2.45) is 5.73 Å². The van der Waals surface area contributed by atoms with Crippen LogP contribution in [0, 0.1) is 0 Å². The lowest BCUT2D eigenvalue weighted by atomic mass is 10.2. The van der Waals surface area contributed by atoms with Gasteiger partial charge in [0, 0.05) is 19.1 Å². The van der Waals surface area contributed by atoms with E-state index in [1.54, 1.807) is 4.90 Å². The number of carbonyl (C=O) groups excluding carboxylic acids is 1. The van der Waals surface area contributed by atoms with E-state index < -0.39 is 0 Å². The van der Waals surface area contributed by atoms with Gasteiger partial charge >= 0.3 is 0 Å². The second kappa shape index (κ2) is 9.30. The van der Waals surface area contributed by atoms with Gasteiger partial charge in [-0.2, -0.15) is 0 Å². The van der Waals surface area contributed by atoms with Gasteiger partial charge in [0.2, 0.25) is 0 Å². The maximum atomic E-state index is 12.2. The predicted molar refractivity (Wildman–Crippen MR) is 99.1 cm³/mol. The number of carbonyl (C=O) groups is 1. The average molecular weight is 363 g/mol. The zero-order valence-electron chi connectivity index (χ0n) is 14.0. The van der Waals surface area contributed by atoms with Crippen LogP contribution in [0.3, 0.4) is 0 Å². The number of para-hydroxylation sites is 2. The predicted octanol–water partition coefficient (Wildman–Crippen LogP) is 2.63. The molecular weight excluding hydrogens is 340 g/mol. The van der Waals surface area contributed by atoms with Gasteiger partial charge < -0.3 is 20.1 Å². The molecule has 3 rings (SSSR count). The molecule has 6 heteroatoms. The Bertz CT molecular complexity index is 681. The number of ether oxygens (including phenoxy) is 2. The largest absolute Gasteiger partial charge is 0.485 e. The minimum atomic E-state index is -0.0409. The van der Waals surface area contributed by atoms with Gasteiger partial charge in [-0.1, -0.05) is 42.5 Å². The van der Waals surface area contributed by atoms with Crippen molar-refractivity contribution >= 4 is 18.3 Å². The Morgan fingerprint density at radius 1 is 1.04 bits per heavy atom. The maximum Gasteiger partial charge on any atom is 0.260 e. The van der Waals surface area contributed by atoms with Crippen LogP contribution in [0.2, 0.25) is 0 Å². The first-order valence-electron chi connectivity index (χ1n) is 8.14. The highest BCUT2D eigenvalue weighted by molar-refractivity contribution is 5.85. The number of rotatable bonds is 6. The topological polar surface area (TPSA) is 64.8 Å². The van der Waals surface area contributed by atoms with E-state index in [2.05, 4.69) is 0 Å². The smallest absolute Gasteiger partial charge is 0.260 e. The van der Waals surface area contributed by atoms with Crippen LogP contribution in [0.4, 0.5) is 0 Å². The normalized spacial score (nSPS) is 16.2. The molecule has 1 fully saturated rings. The second-order valence-electron chi connectivity index (χ2n) is 5.90. The van der Waals surface area contributed by atoms with Crippen molar-refractivity contribution in [3.63, 3.8) is 0 Å². The van der Waals surface area contributed by atoms with Gasteiger partial charge in [-0.05, 0) is 24.1 Å². The molecule has 1 heterocycles. The van der Waals surface area contributed by atoms with Crippen LogP contribution >= 0.6 is 12.4 Å². The molecule has 0 unspecified atom stereocenters. The molecule has 0 bridgehead atoms. The Morgan fingerprint density at radius 2 is 1.68 bits per heavy atom. The average Bonchev–Trinajstić information content (AvgIpc) is 3.06. The van der Waals surface area contributed by atoms with Crippen molar-refractivity contribution in [1.29, 1.82) is 0 Å². The third-order valence-electron chi connectivity index (χ3n) is 4.01. The van der Waals surface area contributed by atoms with E-state index in [1.807, 2.05) is 54.6 Å². The molecule has 25 heavy (non-hydrogen) atoms. The summed E-state index contributed by atoms with van der Waals surface area (Å²) in [6.45, 7) is 1.76. The molecule has 5 nitrogen and oxygen atoms in total. The summed E-state index contributed by atoms with van der Waals surface area (Å²) >= 11 is 0. The number of benzene rings is 2. The fourth-order valence-corrected chi connectivity index (χ4v) is 2.67. The van der Waals surface area contributed by atoms with Crippen LogP contribution in [0.1, 0.15) is 12.0 Å². The first kappa shape index (κ1) is 19.1. The summed E-state index contributed by atoms with van der Waals surface area (Å²) in [6, 6.07) is 17.4. The molecule has 0 radical (unpaired) electrons. The Hall–Kier alpha value is -2.24. The van der Waals surface area contributed by atoms with Crippen molar-refractivity contribution in [1.82, 2.24) is 4.90 Å². The summed E-state index contributed by atoms with van der Waals surface area (Å²) in [5.74, 6) is 1.17. The highest BCUT2D eigenvalue weighted by atomic mass is 35.5. The van der Waals surface area contributed by atoms with Crippen molar-refractivity contribution in [2.45, 2.75) is 19.1 Å². The van der Waals surface area contributed by atoms with Crippen LogP contribution < -0.4 is 15.2 Å². The van der Waals surface area contributed by atoms with Crippen LogP contribution in [0.25, 0.3) is 0 Å². The zero-order chi connectivity index (χ0) is 16.8. The summed E-state index contributed by atoms with van der Waals surface area (Å²) in [7, 11) is 0. The highest BCUT2D eigenvalue weighted by Gasteiger charge is 2.23. The van der Waals surface area contributed by atoms with Gasteiger partial charge in [0.25, 0.3) is 5.91 Å². The van der Waals surface area contributed by atoms with E-state index >= 15 is 0 Å². The number of hydrogen-bond acceptors (Lipinski definition) is 4. The van der Waals surface area contributed by atoms with Crippen molar-refractivity contribution in [3.05, 3.63) is 60.2 Å². The van der Waals surface area contributed by atoms with Gasteiger partial charge in [0.05, 0.1) is 0 Å². The molecular formula is C19H23ClN2O3. The van der Waals surface area contributed by atoms with Crippen LogP contribution in [-0.4, -0.2) is 36.5 Å². The Balaban J connectivity index is 0.00000225. The number of hydrogen-bond donors (Lipinski definition) is 1. The summed E-state index contributed by atoms with van der Waals surface area (Å²) < 4.78 is 11.5. The first-order chi connectivity index (χ1) is 11.7. The molecule has 1 aliphatic heterocycles. The van der Waals surface area contributed by atoms with E-state index in [4.69, 9.17) is 15.2 Å². The number of nitrogens with zero attached hydrogens (tertiary/aromatic N) is 1. The third-order valence-corrected chi connectivity index (χ3v) is 4.01. The van der Waals surface area contributed by atoms with Gasteiger partial charge in [-0.15, -0.1) is 12.4 Å². The quantitative estimate of drug-likeness (QED) is 0.858. The van der Waals surface area contributed by atoms with Crippen LogP contribution in [0.15, 0.2) is 54.6 Å². The van der Waals surface area contributed by atoms with Gasteiger partial charge in [-0.25, -0.2) is 0 Å². The molecule has 0 aliphatic carbocycles. The summed E-state index contributed by atoms with van der Waals surface area (Å²) in [6.07, 6.45) is 0.850. The fraction of sp³-hybridized carbons (Fsp3) is 0.316. The van der Waals surface area contributed by atoms with Gasteiger partial charge in [0.1, 0.15) is 6.61 Å². The van der Waals surface area contributed by atoms with E-state index in [0.29, 0.717) is 31.2 Å². The molecule has 0 saturated carbocycles. The zero-order valence-corrected chi connectivity index (χ0v) is 14.8.